The Labute approximate surface area is 101 Å². The zero-order valence-corrected chi connectivity index (χ0v) is 9.90. The molecule has 0 bridgehead atoms. The van der Waals surface area contributed by atoms with E-state index in [1.54, 1.807) is 19.2 Å². The Morgan fingerprint density at radius 2 is 2.06 bits per heavy atom. The van der Waals surface area contributed by atoms with Gasteiger partial charge in [0.15, 0.2) is 0 Å². The number of aromatic hydroxyl groups is 1. The number of rotatable bonds is 4. The van der Waals surface area contributed by atoms with Crippen molar-refractivity contribution in [2.24, 2.45) is 0 Å². The minimum Gasteiger partial charge on any atom is -0.508 e. The molecular formula is C13H17NO3. The lowest BCUT2D eigenvalue weighted by atomic mass is 9.80. The zero-order chi connectivity index (χ0) is 12.3. The van der Waals surface area contributed by atoms with E-state index in [2.05, 4.69) is 5.32 Å². The van der Waals surface area contributed by atoms with Crippen molar-refractivity contribution >= 4 is 5.91 Å². The molecule has 0 radical (unpaired) electrons. The number of methoxy groups -OCH3 is 1. The van der Waals surface area contributed by atoms with E-state index >= 15 is 0 Å². The number of amides is 1. The smallest absolute Gasteiger partial charge is 0.251 e. The van der Waals surface area contributed by atoms with Crippen molar-refractivity contribution in [3.8, 4) is 5.75 Å². The number of phenols is 1. The number of carbonyl (C=O) groups excluding carboxylic acids is 1. The third-order valence-electron chi connectivity index (χ3n) is 3.40. The first kappa shape index (κ1) is 11.9. The third kappa shape index (κ3) is 2.58. The summed E-state index contributed by atoms with van der Waals surface area (Å²) < 4.78 is 5.42. The lowest BCUT2D eigenvalue weighted by molar-refractivity contribution is -0.0679. The number of phenolic OH excluding ortho intramolecular Hbond substituents is 1. The second-order valence-electron chi connectivity index (χ2n) is 4.47. The van der Waals surface area contributed by atoms with Gasteiger partial charge in [0.2, 0.25) is 0 Å². The van der Waals surface area contributed by atoms with Gasteiger partial charge >= 0.3 is 0 Å². The van der Waals surface area contributed by atoms with E-state index in [9.17, 15) is 4.79 Å². The van der Waals surface area contributed by atoms with Crippen LogP contribution in [0.2, 0.25) is 0 Å². The van der Waals surface area contributed by atoms with Gasteiger partial charge in [-0.15, -0.1) is 0 Å². The molecule has 1 aliphatic carbocycles. The normalized spacial score (nSPS) is 17.2. The highest BCUT2D eigenvalue weighted by molar-refractivity contribution is 5.94. The van der Waals surface area contributed by atoms with Crippen LogP contribution < -0.4 is 5.32 Å². The number of hydrogen-bond acceptors (Lipinski definition) is 3. The maximum Gasteiger partial charge on any atom is 0.251 e. The zero-order valence-electron chi connectivity index (χ0n) is 9.90. The molecule has 2 N–H and O–H groups in total. The summed E-state index contributed by atoms with van der Waals surface area (Å²) in [6.07, 6.45) is 3.15. The van der Waals surface area contributed by atoms with E-state index in [-0.39, 0.29) is 17.3 Å². The van der Waals surface area contributed by atoms with Crippen molar-refractivity contribution in [3.63, 3.8) is 0 Å². The lowest BCUT2D eigenvalue weighted by Crippen LogP contribution is -2.49. The van der Waals surface area contributed by atoms with Gasteiger partial charge in [-0.05, 0) is 43.5 Å². The predicted octanol–water partition coefficient (Wildman–Crippen LogP) is 1.69. The van der Waals surface area contributed by atoms with Gasteiger partial charge in [0.25, 0.3) is 5.91 Å². The Bertz CT molecular complexity index is 390. The summed E-state index contributed by atoms with van der Waals surface area (Å²) >= 11 is 0. The topological polar surface area (TPSA) is 58.6 Å². The summed E-state index contributed by atoms with van der Waals surface area (Å²) in [5.74, 6) is 0.0298. The Balaban J connectivity index is 1.91. The molecule has 1 amide bonds. The van der Waals surface area contributed by atoms with Gasteiger partial charge < -0.3 is 15.2 Å². The van der Waals surface area contributed by atoms with Gasteiger partial charge in [-0.2, -0.15) is 0 Å². The second-order valence-corrected chi connectivity index (χ2v) is 4.47. The average Bonchev–Trinajstić information content (AvgIpc) is 2.29. The molecule has 0 heterocycles. The minimum atomic E-state index is -0.160. The quantitative estimate of drug-likeness (QED) is 0.835. The van der Waals surface area contributed by atoms with Gasteiger partial charge in [-0.1, -0.05) is 0 Å². The summed E-state index contributed by atoms with van der Waals surface area (Å²) in [5.41, 5.74) is 0.389. The molecule has 1 fully saturated rings. The molecule has 0 unspecified atom stereocenters. The summed E-state index contributed by atoms with van der Waals surface area (Å²) in [6, 6.07) is 6.21. The van der Waals surface area contributed by atoms with Gasteiger partial charge in [0.1, 0.15) is 5.75 Å². The van der Waals surface area contributed by atoms with Crippen LogP contribution in [0.15, 0.2) is 24.3 Å². The van der Waals surface area contributed by atoms with Crippen molar-refractivity contribution in [2.45, 2.75) is 24.9 Å². The van der Waals surface area contributed by atoms with Crippen molar-refractivity contribution in [2.75, 3.05) is 13.7 Å². The van der Waals surface area contributed by atoms with Crippen LogP contribution in [0.4, 0.5) is 0 Å². The highest BCUT2D eigenvalue weighted by Crippen LogP contribution is 2.34. The van der Waals surface area contributed by atoms with Gasteiger partial charge in [0, 0.05) is 19.2 Å². The molecule has 4 nitrogen and oxygen atoms in total. The van der Waals surface area contributed by atoms with Crippen LogP contribution in [0.1, 0.15) is 29.6 Å². The van der Waals surface area contributed by atoms with Crippen LogP contribution in [-0.2, 0) is 4.74 Å². The monoisotopic (exact) mass is 235 g/mol. The highest BCUT2D eigenvalue weighted by atomic mass is 16.5. The maximum atomic E-state index is 11.8. The largest absolute Gasteiger partial charge is 0.508 e. The minimum absolute atomic E-state index is 0.131. The van der Waals surface area contributed by atoms with Crippen molar-refractivity contribution in [1.82, 2.24) is 5.32 Å². The molecule has 0 spiro atoms. The molecule has 92 valence electrons. The molecule has 17 heavy (non-hydrogen) atoms. The van der Waals surface area contributed by atoms with Crippen LogP contribution in [0.25, 0.3) is 0 Å². The molecule has 4 heteroatoms. The summed E-state index contributed by atoms with van der Waals surface area (Å²) in [4.78, 5) is 11.8. The standard InChI is InChI=1S/C13H17NO3/c1-17-13(7-2-8-13)9-14-12(16)10-3-5-11(15)6-4-10/h3-6,15H,2,7-9H2,1H3,(H,14,16). The number of hydrogen-bond donors (Lipinski definition) is 2. The third-order valence-corrected chi connectivity index (χ3v) is 3.40. The Morgan fingerprint density at radius 3 is 2.53 bits per heavy atom. The predicted molar refractivity (Wildman–Crippen MR) is 64.0 cm³/mol. The molecule has 0 atom stereocenters. The molecular weight excluding hydrogens is 218 g/mol. The summed E-state index contributed by atoms with van der Waals surface area (Å²) in [7, 11) is 1.69. The number of nitrogens with one attached hydrogen (secondary N) is 1. The number of carbonyl (C=O) groups is 1. The van der Waals surface area contributed by atoms with Gasteiger partial charge in [0.05, 0.1) is 5.60 Å². The highest BCUT2D eigenvalue weighted by Gasteiger charge is 2.37. The SMILES string of the molecule is COC1(CNC(=O)c2ccc(O)cc2)CCC1. The van der Waals surface area contributed by atoms with E-state index in [4.69, 9.17) is 9.84 Å². The van der Waals surface area contributed by atoms with Crippen molar-refractivity contribution in [3.05, 3.63) is 29.8 Å². The molecule has 1 aliphatic rings. The average molecular weight is 235 g/mol. The molecule has 0 aliphatic heterocycles. The van der Waals surface area contributed by atoms with Crippen molar-refractivity contribution in [1.29, 1.82) is 0 Å². The first-order chi connectivity index (χ1) is 8.15. The molecule has 1 aromatic carbocycles. The fourth-order valence-electron chi connectivity index (χ4n) is 1.98. The van der Waals surface area contributed by atoms with Gasteiger partial charge in [-0.25, -0.2) is 0 Å². The first-order valence-corrected chi connectivity index (χ1v) is 5.78. The van der Waals surface area contributed by atoms with E-state index < -0.39 is 0 Å². The Hall–Kier alpha value is -1.55. The molecule has 2 rings (SSSR count). The second kappa shape index (κ2) is 4.75. The van der Waals surface area contributed by atoms with Crippen LogP contribution in [0.3, 0.4) is 0 Å². The molecule has 1 saturated carbocycles. The summed E-state index contributed by atoms with van der Waals surface area (Å²) in [6.45, 7) is 0.545. The van der Waals surface area contributed by atoms with Gasteiger partial charge in [-0.3, -0.25) is 4.79 Å². The lowest BCUT2D eigenvalue weighted by Gasteiger charge is -2.40. The summed E-state index contributed by atoms with van der Waals surface area (Å²) in [5, 5.41) is 12.0. The van der Waals surface area contributed by atoms with Crippen molar-refractivity contribution < 1.29 is 14.6 Å². The maximum absolute atomic E-state index is 11.8. The molecule has 0 saturated heterocycles. The van der Waals surface area contributed by atoms with E-state index in [1.165, 1.54) is 12.1 Å². The van der Waals surface area contributed by atoms with E-state index in [0.717, 1.165) is 19.3 Å². The number of ether oxygens (including phenoxy) is 1. The first-order valence-electron chi connectivity index (χ1n) is 5.78. The number of benzene rings is 1. The Morgan fingerprint density at radius 1 is 1.41 bits per heavy atom. The van der Waals surface area contributed by atoms with E-state index in [0.29, 0.717) is 12.1 Å². The fraction of sp³-hybridized carbons (Fsp3) is 0.462. The van der Waals surface area contributed by atoms with Crippen LogP contribution >= 0.6 is 0 Å². The van der Waals surface area contributed by atoms with Crippen LogP contribution in [-0.4, -0.2) is 30.3 Å². The van der Waals surface area contributed by atoms with Crippen LogP contribution in [0.5, 0.6) is 5.75 Å². The fourth-order valence-corrected chi connectivity index (χ4v) is 1.98. The van der Waals surface area contributed by atoms with Crippen LogP contribution in [0, 0.1) is 0 Å². The molecule has 1 aromatic rings. The Kier molecular flexibility index (Phi) is 3.33. The molecule has 0 aromatic heterocycles. The van der Waals surface area contributed by atoms with E-state index in [1.807, 2.05) is 0 Å².